The topological polar surface area (TPSA) is 12.0 Å². The van der Waals surface area contributed by atoms with E-state index in [1.807, 2.05) is 11.3 Å². The Morgan fingerprint density at radius 3 is 2.33 bits per heavy atom. The summed E-state index contributed by atoms with van der Waals surface area (Å²) in [7, 11) is 2.13. The second-order valence-corrected chi connectivity index (χ2v) is 8.32. The van der Waals surface area contributed by atoms with Gasteiger partial charge >= 0.3 is 0 Å². The highest BCUT2D eigenvalue weighted by Crippen LogP contribution is 2.57. The molecule has 1 nitrogen and oxygen atoms in total. The molecule has 2 saturated carbocycles. The van der Waals surface area contributed by atoms with Gasteiger partial charge in [0.25, 0.3) is 0 Å². The van der Waals surface area contributed by atoms with Gasteiger partial charge in [-0.25, -0.2) is 0 Å². The highest BCUT2D eigenvalue weighted by Gasteiger charge is 2.48. The highest BCUT2D eigenvalue weighted by atomic mass is 32.1. The summed E-state index contributed by atoms with van der Waals surface area (Å²) in [6.07, 6.45) is 4.43. The van der Waals surface area contributed by atoms with Crippen molar-refractivity contribution in [1.82, 2.24) is 5.32 Å². The van der Waals surface area contributed by atoms with Gasteiger partial charge in [0, 0.05) is 15.8 Å². The summed E-state index contributed by atoms with van der Waals surface area (Å²) in [5, 5.41) is 3.58. The molecule has 0 aromatic carbocycles. The predicted molar refractivity (Wildman–Crippen MR) is 79.1 cm³/mol. The average molecular weight is 263 g/mol. The van der Waals surface area contributed by atoms with E-state index < -0.39 is 0 Å². The third-order valence-electron chi connectivity index (χ3n) is 4.73. The minimum atomic E-state index is 0.291. The number of fused-ring (bicyclic) bond motifs is 1. The Labute approximate surface area is 115 Å². The van der Waals surface area contributed by atoms with Gasteiger partial charge in [-0.2, -0.15) is 0 Å². The van der Waals surface area contributed by atoms with Crippen LogP contribution in [0, 0.1) is 17.8 Å². The summed E-state index contributed by atoms with van der Waals surface area (Å²) in [5.74, 6) is 3.03. The van der Waals surface area contributed by atoms with Crippen LogP contribution in [0.2, 0.25) is 0 Å². The van der Waals surface area contributed by atoms with Gasteiger partial charge in [0.15, 0.2) is 0 Å². The number of nitrogens with one attached hydrogen (secondary N) is 1. The van der Waals surface area contributed by atoms with E-state index in [1.54, 1.807) is 4.88 Å². The largest absolute Gasteiger partial charge is 0.312 e. The lowest BCUT2D eigenvalue weighted by Gasteiger charge is -2.23. The lowest BCUT2D eigenvalue weighted by atomic mass is 9.93. The Morgan fingerprint density at radius 1 is 1.17 bits per heavy atom. The van der Waals surface area contributed by atoms with Crippen LogP contribution in [-0.2, 0) is 5.41 Å². The van der Waals surface area contributed by atoms with Crippen LogP contribution in [0.1, 0.15) is 55.8 Å². The first kappa shape index (κ1) is 12.7. The Morgan fingerprint density at radius 2 is 1.83 bits per heavy atom. The van der Waals surface area contributed by atoms with Crippen LogP contribution in [0.5, 0.6) is 0 Å². The molecule has 3 unspecified atom stereocenters. The van der Waals surface area contributed by atoms with Gasteiger partial charge < -0.3 is 5.32 Å². The minimum absolute atomic E-state index is 0.291. The molecule has 18 heavy (non-hydrogen) atoms. The van der Waals surface area contributed by atoms with E-state index in [1.165, 1.54) is 24.1 Å². The lowest BCUT2D eigenvalue weighted by Crippen LogP contribution is -2.23. The second kappa shape index (κ2) is 4.35. The molecule has 3 atom stereocenters. The summed E-state index contributed by atoms with van der Waals surface area (Å²) < 4.78 is 0. The zero-order valence-electron chi connectivity index (χ0n) is 12.0. The van der Waals surface area contributed by atoms with E-state index in [4.69, 9.17) is 0 Å². The SMILES string of the molecule is CNC(c1ccc(C(C)(C)C)s1)C1CC2CC2C1. The van der Waals surface area contributed by atoms with Gasteiger partial charge in [-0.1, -0.05) is 20.8 Å². The molecular weight excluding hydrogens is 238 g/mol. The number of hydrogen-bond donors (Lipinski definition) is 1. The van der Waals surface area contributed by atoms with Crippen LogP contribution in [0.15, 0.2) is 12.1 Å². The third kappa shape index (κ3) is 2.25. The summed E-state index contributed by atoms with van der Waals surface area (Å²) in [5.41, 5.74) is 0.291. The molecule has 1 heterocycles. The molecule has 0 saturated heterocycles. The molecule has 0 bridgehead atoms. The predicted octanol–water partition coefficient (Wildman–Crippen LogP) is 4.35. The molecular formula is C16H25NS. The van der Waals surface area contributed by atoms with E-state index in [9.17, 15) is 0 Å². The van der Waals surface area contributed by atoms with Crippen LogP contribution < -0.4 is 5.32 Å². The van der Waals surface area contributed by atoms with Gasteiger partial charge in [0.1, 0.15) is 0 Å². The Bertz CT molecular complexity index is 419. The zero-order valence-corrected chi connectivity index (χ0v) is 12.8. The van der Waals surface area contributed by atoms with E-state index >= 15 is 0 Å². The fourth-order valence-electron chi connectivity index (χ4n) is 3.57. The summed E-state index contributed by atoms with van der Waals surface area (Å²) in [4.78, 5) is 3.06. The van der Waals surface area contributed by atoms with Gasteiger partial charge in [-0.3, -0.25) is 0 Å². The molecule has 0 aliphatic heterocycles. The monoisotopic (exact) mass is 263 g/mol. The molecule has 1 N–H and O–H groups in total. The molecule has 2 aliphatic carbocycles. The van der Waals surface area contributed by atoms with Crippen molar-refractivity contribution in [2.45, 2.75) is 51.5 Å². The quantitative estimate of drug-likeness (QED) is 0.855. The summed E-state index contributed by atoms with van der Waals surface area (Å²) >= 11 is 2.01. The van der Waals surface area contributed by atoms with Gasteiger partial charge in [-0.15, -0.1) is 11.3 Å². The number of thiophene rings is 1. The van der Waals surface area contributed by atoms with Crippen LogP contribution in [-0.4, -0.2) is 7.05 Å². The smallest absolute Gasteiger partial charge is 0.0441 e. The first-order valence-electron chi connectivity index (χ1n) is 7.26. The Hall–Kier alpha value is -0.340. The number of hydrogen-bond acceptors (Lipinski definition) is 2. The molecule has 2 heteroatoms. The van der Waals surface area contributed by atoms with E-state index in [-0.39, 0.29) is 0 Å². The van der Waals surface area contributed by atoms with Crippen LogP contribution in [0.3, 0.4) is 0 Å². The molecule has 100 valence electrons. The standard InChI is InChI=1S/C16H25NS/c1-16(2,3)14-6-5-13(18-14)15(17-4)12-8-10-7-11(10)9-12/h5-6,10-12,15,17H,7-9H2,1-4H3. The molecule has 1 aromatic heterocycles. The van der Waals surface area contributed by atoms with Crippen molar-refractivity contribution in [3.63, 3.8) is 0 Å². The van der Waals surface area contributed by atoms with Gasteiger partial charge in [-0.05, 0) is 61.6 Å². The molecule has 3 rings (SSSR count). The maximum Gasteiger partial charge on any atom is 0.0441 e. The molecule has 2 aliphatic rings. The van der Waals surface area contributed by atoms with E-state index in [0.29, 0.717) is 11.5 Å². The fraction of sp³-hybridized carbons (Fsp3) is 0.750. The van der Waals surface area contributed by atoms with Crippen LogP contribution >= 0.6 is 11.3 Å². The van der Waals surface area contributed by atoms with E-state index in [0.717, 1.165) is 17.8 Å². The molecule has 0 amide bonds. The Kier molecular flexibility index (Phi) is 3.06. The van der Waals surface area contributed by atoms with Crippen LogP contribution in [0.4, 0.5) is 0 Å². The number of rotatable bonds is 3. The van der Waals surface area contributed by atoms with Gasteiger partial charge in [0.2, 0.25) is 0 Å². The molecule has 1 aromatic rings. The summed E-state index contributed by atoms with van der Waals surface area (Å²) in [6, 6.07) is 5.29. The minimum Gasteiger partial charge on any atom is -0.312 e. The first-order chi connectivity index (χ1) is 8.49. The average Bonchev–Trinajstić information content (AvgIpc) is 2.77. The van der Waals surface area contributed by atoms with Crippen molar-refractivity contribution in [2.24, 2.45) is 17.8 Å². The molecule has 0 radical (unpaired) electrons. The van der Waals surface area contributed by atoms with Crippen molar-refractivity contribution < 1.29 is 0 Å². The molecule has 0 spiro atoms. The first-order valence-corrected chi connectivity index (χ1v) is 8.08. The summed E-state index contributed by atoms with van der Waals surface area (Å²) in [6.45, 7) is 6.92. The van der Waals surface area contributed by atoms with Gasteiger partial charge in [0.05, 0.1) is 0 Å². The van der Waals surface area contributed by atoms with Crippen LogP contribution in [0.25, 0.3) is 0 Å². The van der Waals surface area contributed by atoms with E-state index in [2.05, 4.69) is 45.3 Å². The normalized spacial score (nSPS) is 32.3. The maximum atomic E-state index is 3.58. The van der Waals surface area contributed by atoms with Crippen molar-refractivity contribution in [3.8, 4) is 0 Å². The highest BCUT2D eigenvalue weighted by molar-refractivity contribution is 7.12. The maximum absolute atomic E-state index is 3.58. The second-order valence-electron chi connectivity index (χ2n) is 7.21. The fourth-order valence-corrected chi connectivity index (χ4v) is 4.84. The lowest BCUT2D eigenvalue weighted by molar-refractivity contribution is 0.364. The van der Waals surface area contributed by atoms with Crippen molar-refractivity contribution in [1.29, 1.82) is 0 Å². The Balaban J connectivity index is 1.77. The van der Waals surface area contributed by atoms with Crippen molar-refractivity contribution in [3.05, 3.63) is 21.9 Å². The molecule has 2 fully saturated rings. The third-order valence-corrected chi connectivity index (χ3v) is 6.33. The van der Waals surface area contributed by atoms with Crippen molar-refractivity contribution >= 4 is 11.3 Å². The van der Waals surface area contributed by atoms with Crippen molar-refractivity contribution in [2.75, 3.05) is 7.05 Å². The zero-order chi connectivity index (χ0) is 12.9.